The van der Waals surface area contributed by atoms with E-state index >= 15 is 0 Å². The zero-order valence-electron chi connectivity index (χ0n) is 32.5. The molecule has 0 bridgehead atoms. The minimum Gasteiger partial charge on any atom is -0.358 e. The standard InChI is InChI=1S/C23H29.C13H19.C10H7.CH3.CH2.Zr/c1-14-9-16-11-17-10-15(2)21(23(6,7)8)13-19(17)18(16)12-20(14)22(3,4)5;1-11-6-7-12(10-11)13(2)8-4-3-5-9-13;1-2-6-10-8-4-3-7-9(10)5-1;;;/h9,12-13H,11H2,1-8H3;7,10-11H,3-5,8-9H2,1-2H3;1-3,5-8H;1H3;1H2;/q4*-1;;. The molecule has 0 spiro atoms. The molecule has 4 aromatic rings. The molecule has 0 saturated heterocycles. The quantitative estimate of drug-likeness (QED) is 0.151. The third-order valence-electron chi connectivity index (χ3n) is 10.3. The summed E-state index contributed by atoms with van der Waals surface area (Å²) in [5, 5.41) is 2.53. The van der Waals surface area contributed by atoms with Gasteiger partial charge < -0.3 is 7.43 Å². The van der Waals surface area contributed by atoms with E-state index < -0.39 is 0 Å². The van der Waals surface area contributed by atoms with Crippen molar-refractivity contribution >= 4 is 15.0 Å². The Balaban J connectivity index is 0.000000211. The van der Waals surface area contributed by atoms with Gasteiger partial charge in [0.2, 0.25) is 0 Å². The molecule has 1 unspecified atom stereocenters. The molecule has 0 aliphatic heterocycles. The van der Waals surface area contributed by atoms with Crippen LogP contribution in [0.2, 0.25) is 0 Å². The van der Waals surface area contributed by atoms with E-state index in [1.54, 1.807) is 5.57 Å². The van der Waals surface area contributed by atoms with Crippen molar-refractivity contribution in [2.24, 2.45) is 11.3 Å². The van der Waals surface area contributed by atoms with Gasteiger partial charge >= 0.3 is 28.4 Å². The molecule has 0 nitrogen and oxygen atoms in total. The van der Waals surface area contributed by atoms with Crippen LogP contribution in [0.25, 0.3) is 21.9 Å². The maximum Gasteiger partial charge on any atom is -0.0648 e. The normalized spacial score (nSPS) is 17.1. The Morgan fingerprint density at radius 3 is 2.00 bits per heavy atom. The van der Waals surface area contributed by atoms with Crippen LogP contribution in [-0.4, -0.2) is 4.21 Å². The van der Waals surface area contributed by atoms with Crippen LogP contribution in [0.5, 0.6) is 0 Å². The van der Waals surface area contributed by atoms with Crippen molar-refractivity contribution in [1.82, 2.24) is 0 Å². The van der Waals surface area contributed by atoms with E-state index in [9.17, 15) is 0 Å². The second-order valence-corrected chi connectivity index (χ2v) is 16.3. The molecular formula is C48H60Zr-4. The van der Waals surface area contributed by atoms with Gasteiger partial charge in [0.1, 0.15) is 0 Å². The molecule has 0 N–H and O–H groups in total. The van der Waals surface area contributed by atoms with Gasteiger partial charge in [0.05, 0.1) is 0 Å². The molecule has 1 heteroatoms. The summed E-state index contributed by atoms with van der Waals surface area (Å²) in [5.41, 5.74) is 13.6. The topological polar surface area (TPSA) is 0 Å². The average molecular weight is 728 g/mol. The summed E-state index contributed by atoms with van der Waals surface area (Å²) in [6, 6.07) is 28.2. The van der Waals surface area contributed by atoms with E-state index in [0.29, 0.717) is 11.3 Å². The van der Waals surface area contributed by atoms with Gasteiger partial charge in [-0.2, -0.15) is 53.6 Å². The molecule has 0 heterocycles. The molecule has 0 radical (unpaired) electrons. The monoisotopic (exact) mass is 726 g/mol. The average Bonchev–Trinajstić information content (AvgIpc) is 3.64. The van der Waals surface area contributed by atoms with Gasteiger partial charge in [0.15, 0.2) is 0 Å². The molecule has 0 amide bonds. The Labute approximate surface area is 315 Å². The predicted octanol–water partition coefficient (Wildman–Crippen LogP) is 13.2. The minimum absolute atomic E-state index is 0. The zero-order chi connectivity index (χ0) is 35.3. The van der Waals surface area contributed by atoms with Crippen LogP contribution < -0.4 is 0 Å². The molecule has 0 aromatic heterocycles. The number of hydrogen-bond acceptors (Lipinski definition) is 0. The SMILES string of the molecule is CC1[C-]=CC(C2(C)CCCCC2)=C1.Cc1[c-]c2c(cc1C(C)(C)C)-c1cc(C(C)(C)C)c(C)cc1C2.[CH2]=[Zr].[CH3-].[c-]1ccc2ccccc2c1. The van der Waals surface area contributed by atoms with Crippen LogP contribution in [0.15, 0.2) is 78.4 Å². The first-order chi connectivity index (χ1) is 22.7. The predicted molar refractivity (Wildman–Crippen MR) is 213 cm³/mol. The van der Waals surface area contributed by atoms with Crippen molar-refractivity contribution in [2.45, 2.75) is 119 Å². The summed E-state index contributed by atoms with van der Waals surface area (Å²) in [4.78, 5) is 0. The molecule has 260 valence electrons. The first-order valence-corrected chi connectivity index (χ1v) is 19.6. The van der Waals surface area contributed by atoms with Gasteiger partial charge in [0, 0.05) is 0 Å². The van der Waals surface area contributed by atoms with Crippen molar-refractivity contribution < 1.29 is 24.2 Å². The number of benzene rings is 4. The zero-order valence-corrected chi connectivity index (χ0v) is 34.9. The Hall–Kier alpha value is -2.63. The van der Waals surface area contributed by atoms with Crippen molar-refractivity contribution in [1.29, 1.82) is 0 Å². The summed E-state index contributed by atoms with van der Waals surface area (Å²) >= 11 is 1.30. The van der Waals surface area contributed by atoms with Crippen molar-refractivity contribution in [3.8, 4) is 11.1 Å². The Kier molecular flexibility index (Phi) is 14.2. The van der Waals surface area contributed by atoms with Crippen molar-refractivity contribution in [3.05, 3.63) is 137 Å². The Bertz CT molecular complexity index is 1630. The molecule has 1 atom stereocenters. The van der Waals surface area contributed by atoms with Gasteiger partial charge in [-0.15, -0.1) is 33.5 Å². The van der Waals surface area contributed by atoms with Gasteiger partial charge in [-0.3, -0.25) is 6.08 Å². The molecule has 49 heavy (non-hydrogen) atoms. The second kappa shape index (κ2) is 17.1. The first-order valence-electron chi connectivity index (χ1n) is 17.9. The first kappa shape index (κ1) is 40.8. The van der Waals surface area contributed by atoms with E-state index in [1.165, 1.54) is 112 Å². The van der Waals surface area contributed by atoms with Gasteiger partial charge in [-0.1, -0.05) is 147 Å². The van der Waals surface area contributed by atoms with E-state index in [4.69, 9.17) is 0 Å². The van der Waals surface area contributed by atoms with Gasteiger partial charge in [-0.05, 0) is 35.4 Å². The van der Waals surface area contributed by atoms with Crippen LogP contribution in [0.3, 0.4) is 0 Å². The summed E-state index contributed by atoms with van der Waals surface area (Å²) in [6.07, 6.45) is 16.0. The smallest absolute Gasteiger partial charge is 0.0648 e. The van der Waals surface area contributed by atoms with Crippen LogP contribution >= 0.6 is 0 Å². The van der Waals surface area contributed by atoms with Crippen LogP contribution in [0.4, 0.5) is 0 Å². The third kappa shape index (κ3) is 10.0. The Morgan fingerprint density at radius 1 is 0.816 bits per heavy atom. The van der Waals surface area contributed by atoms with E-state index in [-0.39, 0.29) is 18.3 Å². The largest absolute Gasteiger partial charge is 0.358 e. The van der Waals surface area contributed by atoms with Crippen molar-refractivity contribution in [3.63, 3.8) is 0 Å². The number of allylic oxidation sites excluding steroid dienone is 4. The molecular weight excluding hydrogens is 668 g/mol. The number of rotatable bonds is 1. The van der Waals surface area contributed by atoms with E-state index in [1.807, 2.05) is 24.3 Å². The van der Waals surface area contributed by atoms with Gasteiger partial charge in [-0.25, -0.2) is 6.08 Å². The molecule has 4 aromatic carbocycles. The fourth-order valence-corrected chi connectivity index (χ4v) is 7.68. The summed E-state index contributed by atoms with van der Waals surface area (Å²) in [6.45, 7) is 22.9. The maximum atomic E-state index is 3.69. The summed E-state index contributed by atoms with van der Waals surface area (Å²) in [5.74, 6) is 0.550. The number of aryl methyl sites for hydroxylation is 2. The van der Waals surface area contributed by atoms with Crippen LogP contribution in [0, 0.1) is 50.8 Å². The third-order valence-corrected chi connectivity index (χ3v) is 10.3. The fourth-order valence-electron chi connectivity index (χ4n) is 7.68. The minimum atomic E-state index is 0. The van der Waals surface area contributed by atoms with E-state index in [0.717, 1.165) is 6.42 Å². The van der Waals surface area contributed by atoms with Crippen LogP contribution in [0.1, 0.15) is 121 Å². The number of hydrogen-bond donors (Lipinski definition) is 0. The summed E-state index contributed by atoms with van der Waals surface area (Å²) in [7, 11) is 0. The summed E-state index contributed by atoms with van der Waals surface area (Å²) < 4.78 is 3.34. The maximum absolute atomic E-state index is 3.69. The van der Waals surface area contributed by atoms with Gasteiger partial charge in [0.25, 0.3) is 0 Å². The van der Waals surface area contributed by atoms with Crippen LogP contribution in [-0.2, 0) is 41.5 Å². The number of fused-ring (bicyclic) bond motifs is 4. The molecule has 7 rings (SSSR count). The fraction of sp³-hybridized carbons (Fsp3) is 0.417. The molecule has 1 saturated carbocycles. The molecule has 3 aliphatic rings. The second-order valence-electron chi connectivity index (χ2n) is 16.3. The Morgan fingerprint density at radius 2 is 1.43 bits per heavy atom. The van der Waals surface area contributed by atoms with E-state index in [2.05, 4.69) is 140 Å². The molecule has 3 aliphatic carbocycles. The molecule has 1 fully saturated rings. The van der Waals surface area contributed by atoms with Crippen molar-refractivity contribution in [2.75, 3.05) is 0 Å².